The van der Waals surface area contributed by atoms with Crippen LogP contribution in [-0.4, -0.2) is 10.2 Å². The lowest BCUT2D eigenvalue weighted by atomic mass is 10.2. The van der Waals surface area contributed by atoms with Gasteiger partial charge in [0.1, 0.15) is 5.69 Å². The van der Waals surface area contributed by atoms with E-state index in [9.17, 15) is 8.78 Å². The number of anilines is 2. The average Bonchev–Trinajstić information content (AvgIpc) is 2.69. The zero-order valence-electron chi connectivity index (χ0n) is 9.59. The van der Waals surface area contributed by atoms with Gasteiger partial charge in [0, 0.05) is 18.7 Å². The molecule has 1 aromatic carbocycles. The molecule has 5 heteroatoms. The van der Waals surface area contributed by atoms with Gasteiger partial charge in [-0.05, 0) is 19.1 Å². The third-order valence-corrected chi connectivity index (χ3v) is 2.37. The summed E-state index contributed by atoms with van der Waals surface area (Å²) in [5.74, 6) is -2.52. The number of hydrogen-bond donors (Lipinski definition) is 2. The third kappa shape index (κ3) is 2.81. The minimum absolute atomic E-state index is 0.202. The van der Waals surface area contributed by atoms with Crippen molar-refractivity contribution in [2.24, 2.45) is 0 Å². The Kier molecular flexibility index (Phi) is 2.83. The van der Waals surface area contributed by atoms with Gasteiger partial charge in [0.2, 0.25) is 0 Å². The molecule has 0 amide bonds. The second-order valence-corrected chi connectivity index (χ2v) is 4.05. The minimum atomic E-state index is -2.90. The molecule has 0 aliphatic carbocycles. The monoisotopic (exact) mass is 237 g/mol. The highest BCUT2D eigenvalue weighted by Gasteiger charge is 2.26. The Balaban J connectivity index is 2.14. The summed E-state index contributed by atoms with van der Waals surface area (Å²) >= 11 is 0. The zero-order chi connectivity index (χ0) is 12.5. The molecule has 3 nitrogen and oxygen atoms in total. The largest absolute Gasteiger partial charge is 0.339 e. The smallest absolute Gasteiger partial charge is 0.286 e. The lowest BCUT2D eigenvalue weighted by molar-refractivity contribution is 0.0127. The molecule has 0 saturated carbocycles. The Hall–Kier alpha value is -1.91. The van der Waals surface area contributed by atoms with Crippen LogP contribution < -0.4 is 5.32 Å². The fraction of sp³-hybridized carbons (Fsp3) is 0.250. The molecule has 0 saturated heterocycles. The number of nitrogens with zero attached hydrogens (tertiary/aromatic N) is 1. The van der Waals surface area contributed by atoms with E-state index in [1.165, 1.54) is 6.07 Å². The van der Waals surface area contributed by atoms with Crippen molar-refractivity contribution >= 4 is 11.5 Å². The van der Waals surface area contributed by atoms with Crippen LogP contribution in [0.5, 0.6) is 0 Å². The minimum Gasteiger partial charge on any atom is -0.339 e. The summed E-state index contributed by atoms with van der Waals surface area (Å²) in [4.78, 5) is 0. The number of hydrogen-bond acceptors (Lipinski definition) is 2. The molecule has 0 unspecified atom stereocenters. The molecule has 0 bridgehead atoms. The number of alkyl halides is 2. The molecule has 0 aliphatic heterocycles. The highest BCUT2D eigenvalue weighted by molar-refractivity contribution is 5.56. The Labute approximate surface area is 97.9 Å². The molecule has 0 radical (unpaired) electrons. The standard InChI is InChI=1S/C12H13F2N3/c1-8-3-5-9(6-4-8)15-11-7-10(16-17-11)12(2,13)14/h3-7H,1-2H3,(H2,15,16,17). The second-order valence-electron chi connectivity index (χ2n) is 4.05. The average molecular weight is 237 g/mol. The van der Waals surface area contributed by atoms with Crippen LogP contribution in [0.4, 0.5) is 20.3 Å². The van der Waals surface area contributed by atoms with Crippen LogP contribution in [0.3, 0.4) is 0 Å². The highest BCUT2D eigenvalue weighted by atomic mass is 19.3. The summed E-state index contributed by atoms with van der Waals surface area (Å²) in [7, 11) is 0. The van der Waals surface area contributed by atoms with Crippen LogP contribution in [0.2, 0.25) is 0 Å². The van der Waals surface area contributed by atoms with Gasteiger partial charge >= 0.3 is 0 Å². The SMILES string of the molecule is Cc1ccc(Nc2cc(C(C)(F)F)[nH]n2)cc1. The highest BCUT2D eigenvalue weighted by Crippen LogP contribution is 2.27. The lowest BCUT2D eigenvalue weighted by Gasteiger charge is -2.05. The van der Waals surface area contributed by atoms with Gasteiger partial charge in [-0.2, -0.15) is 13.9 Å². The normalized spacial score (nSPS) is 11.5. The number of aromatic amines is 1. The molecule has 0 spiro atoms. The van der Waals surface area contributed by atoms with E-state index in [1.54, 1.807) is 0 Å². The lowest BCUT2D eigenvalue weighted by Crippen LogP contribution is -2.06. The first-order valence-electron chi connectivity index (χ1n) is 5.22. The Morgan fingerprint density at radius 3 is 2.41 bits per heavy atom. The number of aromatic nitrogens is 2. The molecule has 1 heterocycles. The summed E-state index contributed by atoms with van der Waals surface area (Å²) in [6.45, 7) is 2.81. The predicted molar refractivity (Wildman–Crippen MR) is 62.6 cm³/mol. The summed E-state index contributed by atoms with van der Waals surface area (Å²) in [6.07, 6.45) is 0. The fourth-order valence-electron chi connectivity index (χ4n) is 1.40. The molecule has 2 aromatic rings. The van der Waals surface area contributed by atoms with Crippen LogP contribution in [0, 0.1) is 6.92 Å². The van der Waals surface area contributed by atoms with E-state index in [1.807, 2.05) is 31.2 Å². The quantitative estimate of drug-likeness (QED) is 0.856. The van der Waals surface area contributed by atoms with Crippen molar-refractivity contribution in [3.05, 3.63) is 41.6 Å². The number of nitrogens with one attached hydrogen (secondary N) is 2. The van der Waals surface area contributed by atoms with Crippen molar-refractivity contribution in [2.45, 2.75) is 19.8 Å². The van der Waals surface area contributed by atoms with Crippen LogP contribution in [0.15, 0.2) is 30.3 Å². The predicted octanol–water partition coefficient (Wildman–Crippen LogP) is 3.57. The topological polar surface area (TPSA) is 40.7 Å². The molecular weight excluding hydrogens is 224 g/mol. The van der Waals surface area contributed by atoms with Crippen LogP contribution in [0.1, 0.15) is 18.2 Å². The van der Waals surface area contributed by atoms with E-state index in [2.05, 4.69) is 15.5 Å². The maximum Gasteiger partial charge on any atom is 0.286 e. The fourth-order valence-corrected chi connectivity index (χ4v) is 1.40. The molecule has 90 valence electrons. The number of benzene rings is 1. The van der Waals surface area contributed by atoms with Gasteiger partial charge in [-0.3, -0.25) is 5.10 Å². The molecule has 2 rings (SSSR count). The molecule has 17 heavy (non-hydrogen) atoms. The van der Waals surface area contributed by atoms with Gasteiger partial charge in [0.25, 0.3) is 5.92 Å². The molecule has 0 aliphatic rings. The maximum atomic E-state index is 13.0. The van der Waals surface area contributed by atoms with Gasteiger partial charge in [-0.15, -0.1) is 0 Å². The van der Waals surface area contributed by atoms with E-state index < -0.39 is 5.92 Å². The van der Waals surface area contributed by atoms with E-state index in [-0.39, 0.29) is 5.69 Å². The number of aryl methyl sites for hydroxylation is 1. The van der Waals surface area contributed by atoms with Gasteiger partial charge in [-0.25, -0.2) is 0 Å². The van der Waals surface area contributed by atoms with E-state index in [0.29, 0.717) is 5.82 Å². The molecule has 0 fully saturated rings. The van der Waals surface area contributed by atoms with Gasteiger partial charge in [-0.1, -0.05) is 17.7 Å². The second kappa shape index (κ2) is 4.16. The number of rotatable bonds is 3. The first-order chi connectivity index (χ1) is 7.95. The van der Waals surface area contributed by atoms with Crippen molar-refractivity contribution in [1.82, 2.24) is 10.2 Å². The van der Waals surface area contributed by atoms with Crippen LogP contribution in [0.25, 0.3) is 0 Å². The van der Waals surface area contributed by atoms with E-state index >= 15 is 0 Å². The summed E-state index contributed by atoms with van der Waals surface area (Å²) < 4.78 is 25.9. The third-order valence-electron chi connectivity index (χ3n) is 2.37. The van der Waals surface area contributed by atoms with Crippen LogP contribution >= 0.6 is 0 Å². The first-order valence-corrected chi connectivity index (χ1v) is 5.22. The molecule has 0 atom stereocenters. The molecule has 1 aromatic heterocycles. The van der Waals surface area contributed by atoms with E-state index in [4.69, 9.17) is 0 Å². The van der Waals surface area contributed by atoms with Crippen molar-refractivity contribution < 1.29 is 8.78 Å². The maximum absolute atomic E-state index is 13.0. The Morgan fingerprint density at radius 1 is 1.24 bits per heavy atom. The summed E-state index contributed by atoms with van der Waals surface area (Å²) in [6, 6.07) is 8.91. The summed E-state index contributed by atoms with van der Waals surface area (Å²) in [5.41, 5.74) is 1.75. The number of halogens is 2. The Morgan fingerprint density at radius 2 is 1.88 bits per heavy atom. The van der Waals surface area contributed by atoms with Gasteiger partial charge < -0.3 is 5.32 Å². The van der Waals surface area contributed by atoms with Crippen molar-refractivity contribution in [3.8, 4) is 0 Å². The van der Waals surface area contributed by atoms with Crippen molar-refractivity contribution in [3.63, 3.8) is 0 Å². The van der Waals surface area contributed by atoms with Crippen molar-refractivity contribution in [1.29, 1.82) is 0 Å². The first kappa shape index (κ1) is 11.6. The zero-order valence-corrected chi connectivity index (χ0v) is 9.59. The van der Waals surface area contributed by atoms with Gasteiger partial charge in [0.05, 0.1) is 0 Å². The number of H-pyrrole nitrogens is 1. The Bertz CT molecular complexity index is 497. The van der Waals surface area contributed by atoms with Gasteiger partial charge in [0.15, 0.2) is 5.82 Å². The molecular formula is C12H13F2N3. The van der Waals surface area contributed by atoms with E-state index in [0.717, 1.165) is 18.2 Å². The van der Waals surface area contributed by atoms with Crippen molar-refractivity contribution in [2.75, 3.05) is 5.32 Å². The molecule has 2 N–H and O–H groups in total. The summed E-state index contributed by atoms with van der Waals surface area (Å²) in [5, 5.41) is 9.05. The van der Waals surface area contributed by atoms with Crippen LogP contribution in [-0.2, 0) is 5.92 Å².